The molecule has 0 unspecified atom stereocenters. The molecule has 0 bridgehead atoms. The minimum Gasteiger partial charge on any atom is -0.324 e. The first kappa shape index (κ1) is 15.7. The minimum absolute atomic E-state index is 0.0898. The maximum Gasteiger partial charge on any atom is 0.323 e. The first-order valence-corrected chi connectivity index (χ1v) is 9.78. The van der Waals surface area contributed by atoms with Gasteiger partial charge in [-0.05, 0) is 37.8 Å². The van der Waals surface area contributed by atoms with Gasteiger partial charge in [-0.2, -0.15) is 0 Å². The lowest BCUT2D eigenvalue weighted by Gasteiger charge is -2.30. The molecule has 2 fully saturated rings. The fourth-order valence-corrected chi connectivity index (χ4v) is 4.33. The number of hydrogen-bond donors (Lipinski definition) is 1. The van der Waals surface area contributed by atoms with Crippen LogP contribution in [0.1, 0.15) is 48.4 Å². The number of nitrogens with zero attached hydrogens (tertiary/aromatic N) is 6. The number of carbonyl (C=O) groups is 1. The first-order chi connectivity index (χ1) is 12.8. The third-order valence-electron chi connectivity index (χ3n) is 5.07. The van der Waals surface area contributed by atoms with E-state index in [2.05, 4.69) is 25.7 Å². The van der Waals surface area contributed by atoms with Crippen LogP contribution >= 0.6 is 11.3 Å². The zero-order valence-corrected chi connectivity index (χ0v) is 15.0. The van der Waals surface area contributed by atoms with Crippen LogP contribution in [-0.2, 0) is 0 Å². The highest BCUT2D eigenvalue weighted by molar-refractivity contribution is 7.15. The van der Waals surface area contributed by atoms with Crippen LogP contribution in [0.4, 0.5) is 9.93 Å². The number of pyridine rings is 1. The van der Waals surface area contributed by atoms with Crippen molar-refractivity contribution in [1.29, 1.82) is 0 Å². The molecule has 134 valence electrons. The molecule has 1 saturated heterocycles. The number of likely N-dealkylation sites (tertiary alicyclic amines) is 1. The number of piperidine rings is 1. The summed E-state index contributed by atoms with van der Waals surface area (Å²) in [5.74, 6) is 1.87. The number of fused-ring (bicyclic) bond motifs is 1. The average molecular weight is 369 g/mol. The van der Waals surface area contributed by atoms with Crippen molar-refractivity contribution in [3.05, 3.63) is 35.2 Å². The van der Waals surface area contributed by atoms with Gasteiger partial charge in [-0.25, -0.2) is 4.79 Å². The van der Waals surface area contributed by atoms with Crippen molar-refractivity contribution in [3.63, 3.8) is 0 Å². The number of anilines is 1. The van der Waals surface area contributed by atoms with E-state index in [0.29, 0.717) is 30.1 Å². The highest BCUT2D eigenvalue weighted by Gasteiger charge is 2.29. The van der Waals surface area contributed by atoms with Crippen LogP contribution in [0.25, 0.3) is 5.65 Å². The Kier molecular flexibility index (Phi) is 3.81. The molecule has 3 aromatic rings. The molecule has 26 heavy (non-hydrogen) atoms. The molecule has 2 amide bonds. The number of nitrogens with one attached hydrogen (secondary N) is 1. The third kappa shape index (κ3) is 2.92. The Labute approximate surface area is 154 Å². The highest BCUT2D eigenvalue weighted by atomic mass is 32.1. The molecule has 4 heterocycles. The Morgan fingerprint density at radius 2 is 1.88 bits per heavy atom. The van der Waals surface area contributed by atoms with Gasteiger partial charge in [0.05, 0.1) is 0 Å². The van der Waals surface area contributed by atoms with Crippen LogP contribution < -0.4 is 5.32 Å². The summed E-state index contributed by atoms with van der Waals surface area (Å²) in [4.78, 5) is 14.3. The van der Waals surface area contributed by atoms with Crippen LogP contribution in [0.2, 0.25) is 0 Å². The van der Waals surface area contributed by atoms with Crippen LogP contribution in [0.3, 0.4) is 0 Å². The summed E-state index contributed by atoms with van der Waals surface area (Å²) in [6.07, 6.45) is 6.14. The van der Waals surface area contributed by atoms with E-state index in [9.17, 15) is 4.79 Å². The average Bonchev–Trinajstić information content (AvgIpc) is 3.27. The van der Waals surface area contributed by atoms with E-state index in [1.807, 2.05) is 33.7 Å². The predicted molar refractivity (Wildman–Crippen MR) is 97.4 cm³/mol. The number of amides is 2. The zero-order valence-electron chi connectivity index (χ0n) is 14.2. The summed E-state index contributed by atoms with van der Waals surface area (Å²) in [5, 5.41) is 21.4. The van der Waals surface area contributed by atoms with Crippen LogP contribution in [0, 0.1) is 0 Å². The summed E-state index contributed by atoms with van der Waals surface area (Å²) in [6, 6.07) is 5.81. The Morgan fingerprint density at radius 1 is 1.04 bits per heavy atom. The minimum atomic E-state index is -0.0898. The van der Waals surface area contributed by atoms with E-state index in [1.165, 1.54) is 24.2 Å². The standard InChI is InChI=1S/C17H19N7OS/c25-17(18-16-22-21-15(26-16)12-4-5-12)23-9-6-11(7-10-23)14-20-19-13-3-1-2-8-24(13)14/h1-3,8,11-12H,4-7,9-10H2,(H,18,22,25). The van der Waals surface area contributed by atoms with Gasteiger partial charge in [0, 0.05) is 31.1 Å². The molecule has 5 rings (SSSR count). The molecule has 9 heteroatoms. The lowest BCUT2D eigenvalue weighted by atomic mass is 9.96. The van der Waals surface area contributed by atoms with Crippen molar-refractivity contribution in [3.8, 4) is 0 Å². The number of rotatable bonds is 3. The second kappa shape index (κ2) is 6.31. The molecule has 1 aliphatic heterocycles. The van der Waals surface area contributed by atoms with E-state index >= 15 is 0 Å². The highest BCUT2D eigenvalue weighted by Crippen LogP contribution is 2.42. The normalized spacial score (nSPS) is 18.4. The van der Waals surface area contributed by atoms with Crippen molar-refractivity contribution in [1.82, 2.24) is 29.7 Å². The molecule has 1 N–H and O–H groups in total. The van der Waals surface area contributed by atoms with Gasteiger partial charge in [-0.15, -0.1) is 20.4 Å². The quantitative estimate of drug-likeness (QED) is 0.767. The molecule has 1 saturated carbocycles. The number of aromatic nitrogens is 5. The summed E-state index contributed by atoms with van der Waals surface area (Å²) in [7, 11) is 0. The molecule has 2 aliphatic rings. The van der Waals surface area contributed by atoms with Crippen LogP contribution in [0.15, 0.2) is 24.4 Å². The molecule has 0 spiro atoms. The number of urea groups is 1. The summed E-state index contributed by atoms with van der Waals surface area (Å²) < 4.78 is 2.04. The second-order valence-electron chi connectivity index (χ2n) is 6.90. The van der Waals surface area contributed by atoms with Crippen LogP contribution in [-0.4, -0.2) is 48.8 Å². The van der Waals surface area contributed by atoms with Gasteiger partial charge in [0.25, 0.3) is 0 Å². The lowest BCUT2D eigenvalue weighted by molar-refractivity contribution is 0.193. The van der Waals surface area contributed by atoms with Crippen molar-refractivity contribution in [2.45, 2.75) is 37.5 Å². The third-order valence-corrected chi connectivity index (χ3v) is 6.07. The Hall–Kier alpha value is -2.55. The first-order valence-electron chi connectivity index (χ1n) is 8.97. The van der Waals surface area contributed by atoms with Crippen molar-refractivity contribution < 1.29 is 4.79 Å². The van der Waals surface area contributed by atoms with Crippen molar-refractivity contribution in [2.75, 3.05) is 18.4 Å². The molecular formula is C17H19N7OS. The van der Waals surface area contributed by atoms with E-state index in [-0.39, 0.29) is 6.03 Å². The van der Waals surface area contributed by atoms with Gasteiger partial charge in [0.1, 0.15) is 10.8 Å². The SMILES string of the molecule is O=C(Nc1nnc(C2CC2)s1)N1CCC(c2nnc3ccccn23)CC1. The van der Waals surface area contributed by atoms with Gasteiger partial charge < -0.3 is 4.90 Å². The number of carbonyl (C=O) groups excluding carboxylic acids is 1. The van der Waals surface area contributed by atoms with Gasteiger partial charge in [-0.3, -0.25) is 9.72 Å². The Morgan fingerprint density at radius 3 is 2.69 bits per heavy atom. The fraction of sp³-hybridized carbons (Fsp3) is 0.471. The summed E-state index contributed by atoms with van der Waals surface area (Å²) >= 11 is 1.49. The van der Waals surface area contributed by atoms with E-state index in [0.717, 1.165) is 29.3 Å². The summed E-state index contributed by atoms with van der Waals surface area (Å²) in [5.41, 5.74) is 0.866. The molecule has 8 nitrogen and oxygen atoms in total. The Balaban J connectivity index is 1.21. The van der Waals surface area contributed by atoms with E-state index < -0.39 is 0 Å². The van der Waals surface area contributed by atoms with E-state index in [1.54, 1.807) is 0 Å². The maximum absolute atomic E-state index is 12.5. The van der Waals surface area contributed by atoms with Crippen molar-refractivity contribution in [2.24, 2.45) is 0 Å². The van der Waals surface area contributed by atoms with Gasteiger partial charge in [0.2, 0.25) is 5.13 Å². The molecule has 1 aliphatic carbocycles. The van der Waals surface area contributed by atoms with Gasteiger partial charge in [-0.1, -0.05) is 17.4 Å². The topological polar surface area (TPSA) is 88.3 Å². The lowest BCUT2D eigenvalue weighted by Crippen LogP contribution is -2.40. The maximum atomic E-state index is 12.5. The molecule has 0 aromatic carbocycles. The smallest absolute Gasteiger partial charge is 0.323 e. The largest absolute Gasteiger partial charge is 0.324 e. The van der Waals surface area contributed by atoms with Gasteiger partial charge >= 0.3 is 6.03 Å². The summed E-state index contributed by atoms with van der Waals surface area (Å²) in [6.45, 7) is 1.40. The number of hydrogen-bond acceptors (Lipinski definition) is 6. The Bertz CT molecular complexity index is 939. The zero-order chi connectivity index (χ0) is 17.5. The van der Waals surface area contributed by atoms with Crippen LogP contribution in [0.5, 0.6) is 0 Å². The monoisotopic (exact) mass is 369 g/mol. The molecule has 0 atom stereocenters. The molecular weight excluding hydrogens is 350 g/mol. The molecule has 3 aromatic heterocycles. The second-order valence-corrected chi connectivity index (χ2v) is 7.91. The fourth-order valence-electron chi connectivity index (χ4n) is 3.43. The van der Waals surface area contributed by atoms with Gasteiger partial charge in [0.15, 0.2) is 5.65 Å². The molecule has 0 radical (unpaired) electrons. The van der Waals surface area contributed by atoms with E-state index in [4.69, 9.17) is 0 Å². The van der Waals surface area contributed by atoms with Crippen molar-refractivity contribution >= 4 is 28.1 Å². The predicted octanol–water partition coefficient (Wildman–Crippen LogP) is 2.87.